The Morgan fingerprint density at radius 1 is 1.03 bits per heavy atom. The van der Waals surface area contributed by atoms with Crippen LogP contribution in [0.4, 0.5) is 11.4 Å². The fourth-order valence-electron chi connectivity index (χ4n) is 3.51. The topological polar surface area (TPSA) is 125 Å². The monoisotopic (exact) mass is 453 g/mol. The van der Waals surface area contributed by atoms with Crippen LogP contribution in [-0.4, -0.2) is 35.5 Å². The minimum Gasteiger partial charge on any atom is -0.381 e. The molecular weight excluding hydrogens is 437 g/mol. The second-order valence-corrected chi connectivity index (χ2v) is 7.80. The van der Waals surface area contributed by atoms with E-state index in [-0.39, 0.29) is 12.1 Å². The summed E-state index contributed by atoms with van der Waals surface area (Å²) in [6, 6.07) is 7.97. The number of rotatable bonds is 6. The van der Waals surface area contributed by atoms with E-state index in [1.165, 1.54) is 0 Å². The molecule has 30 heavy (non-hydrogen) atoms. The summed E-state index contributed by atoms with van der Waals surface area (Å²) >= 11 is 12.4. The van der Waals surface area contributed by atoms with Crippen LogP contribution in [0.5, 0.6) is 0 Å². The van der Waals surface area contributed by atoms with Crippen molar-refractivity contribution in [1.82, 2.24) is 5.32 Å². The minimum atomic E-state index is -0.781. The van der Waals surface area contributed by atoms with E-state index in [1.807, 2.05) is 0 Å². The van der Waals surface area contributed by atoms with Crippen LogP contribution in [0.15, 0.2) is 36.4 Å². The summed E-state index contributed by atoms with van der Waals surface area (Å²) in [6.07, 6.45) is 1.17. The van der Waals surface area contributed by atoms with E-state index in [0.717, 1.165) is 23.8 Å². The number of carbonyl (C=O) groups excluding carboxylic acids is 1. The summed E-state index contributed by atoms with van der Waals surface area (Å²) in [7, 11) is 0. The number of nitro benzene ring substituents is 2. The number of carbonyl (C=O) groups is 1. The number of nitrogens with one attached hydrogen (secondary N) is 1. The largest absolute Gasteiger partial charge is 0.381 e. The van der Waals surface area contributed by atoms with Crippen molar-refractivity contribution in [2.75, 3.05) is 19.8 Å². The van der Waals surface area contributed by atoms with Crippen molar-refractivity contribution >= 4 is 40.5 Å². The van der Waals surface area contributed by atoms with Gasteiger partial charge in [-0.25, -0.2) is 0 Å². The summed E-state index contributed by atoms with van der Waals surface area (Å²) in [5.74, 6) is -0.655. The van der Waals surface area contributed by atoms with E-state index in [9.17, 15) is 25.0 Å². The van der Waals surface area contributed by atoms with Crippen LogP contribution in [0.1, 0.15) is 28.8 Å². The first-order valence-electron chi connectivity index (χ1n) is 8.97. The van der Waals surface area contributed by atoms with Crippen LogP contribution in [0.25, 0.3) is 0 Å². The molecule has 2 aromatic rings. The number of amides is 1. The van der Waals surface area contributed by atoms with Crippen molar-refractivity contribution in [2.45, 2.75) is 18.3 Å². The second kappa shape index (κ2) is 8.95. The number of hydrogen-bond donors (Lipinski definition) is 1. The number of nitrogens with zero attached hydrogens (tertiary/aromatic N) is 2. The second-order valence-electron chi connectivity index (χ2n) is 6.95. The van der Waals surface area contributed by atoms with Crippen LogP contribution >= 0.6 is 23.2 Å². The third-order valence-electron chi connectivity index (χ3n) is 5.13. The van der Waals surface area contributed by atoms with Crippen molar-refractivity contribution in [1.29, 1.82) is 0 Å². The standard InChI is InChI=1S/C19H17Cl2N3O6/c20-13-1-2-16(17(21)9-13)19(3-5-30-6-4-19)11-22-18(25)12-7-14(23(26)27)10-15(8-12)24(28)29/h1-2,7-10H,3-6,11H2,(H,22,25). The average Bonchev–Trinajstić information content (AvgIpc) is 2.72. The maximum Gasteiger partial charge on any atom is 0.277 e. The predicted octanol–water partition coefficient (Wildman–Crippen LogP) is 4.29. The molecule has 0 aromatic heterocycles. The lowest BCUT2D eigenvalue weighted by Gasteiger charge is -2.38. The van der Waals surface area contributed by atoms with Crippen molar-refractivity contribution < 1.29 is 19.4 Å². The highest BCUT2D eigenvalue weighted by Gasteiger charge is 2.36. The van der Waals surface area contributed by atoms with Gasteiger partial charge in [-0.1, -0.05) is 29.3 Å². The normalized spacial score (nSPS) is 15.4. The van der Waals surface area contributed by atoms with Crippen molar-refractivity contribution in [3.05, 3.63) is 77.8 Å². The van der Waals surface area contributed by atoms with Gasteiger partial charge in [0.05, 0.1) is 21.5 Å². The molecule has 0 saturated carbocycles. The third-order valence-corrected chi connectivity index (χ3v) is 5.67. The summed E-state index contributed by atoms with van der Waals surface area (Å²) in [5.41, 5.74) is -0.948. The van der Waals surface area contributed by atoms with E-state index in [1.54, 1.807) is 18.2 Å². The number of non-ortho nitro benzene ring substituents is 2. The molecule has 3 rings (SSSR count). The van der Waals surface area contributed by atoms with Gasteiger partial charge in [0, 0.05) is 47.4 Å². The Morgan fingerprint density at radius 3 is 2.17 bits per heavy atom. The molecule has 1 fully saturated rings. The highest BCUT2D eigenvalue weighted by molar-refractivity contribution is 6.35. The fraction of sp³-hybridized carbons (Fsp3) is 0.316. The Balaban J connectivity index is 1.88. The summed E-state index contributed by atoms with van der Waals surface area (Å²) in [6.45, 7) is 1.11. The van der Waals surface area contributed by atoms with Gasteiger partial charge >= 0.3 is 0 Å². The molecule has 1 aliphatic rings. The Labute approximate surface area is 181 Å². The number of benzene rings is 2. The number of hydrogen-bond acceptors (Lipinski definition) is 6. The fourth-order valence-corrected chi connectivity index (χ4v) is 4.12. The molecule has 0 bridgehead atoms. The van der Waals surface area contributed by atoms with Gasteiger partial charge in [-0.2, -0.15) is 0 Å². The van der Waals surface area contributed by atoms with Gasteiger partial charge in [-0.3, -0.25) is 25.0 Å². The van der Waals surface area contributed by atoms with Gasteiger partial charge in [0.15, 0.2) is 0 Å². The summed E-state index contributed by atoms with van der Waals surface area (Å²) in [5, 5.41) is 25.8. The highest BCUT2D eigenvalue weighted by Crippen LogP contribution is 2.39. The van der Waals surface area contributed by atoms with Crippen molar-refractivity contribution in [3.8, 4) is 0 Å². The average molecular weight is 454 g/mol. The highest BCUT2D eigenvalue weighted by atomic mass is 35.5. The van der Waals surface area contributed by atoms with Gasteiger partial charge in [-0.05, 0) is 30.5 Å². The first-order valence-corrected chi connectivity index (χ1v) is 9.73. The minimum absolute atomic E-state index is 0.166. The van der Waals surface area contributed by atoms with Crippen molar-refractivity contribution in [3.63, 3.8) is 0 Å². The van der Waals surface area contributed by atoms with Gasteiger partial charge in [0.2, 0.25) is 0 Å². The zero-order valence-corrected chi connectivity index (χ0v) is 17.1. The molecule has 0 aliphatic carbocycles. The molecule has 1 N–H and O–H groups in total. The van der Waals surface area contributed by atoms with Crippen molar-refractivity contribution in [2.24, 2.45) is 0 Å². The Kier molecular flexibility index (Phi) is 6.55. The third kappa shape index (κ3) is 4.69. The van der Waals surface area contributed by atoms with E-state index >= 15 is 0 Å². The Hall–Kier alpha value is -2.75. The molecule has 11 heteroatoms. The Morgan fingerprint density at radius 2 is 1.63 bits per heavy atom. The van der Waals surface area contributed by atoms with Crippen LogP contribution in [-0.2, 0) is 10.2 Å². The van der Waals surface area contributed by atoms with Crippen LogP contribution in [0.3, 0.4) is 0 Å². The number of halogens is 2. The molecule has 1 saturated heterocycles. The maximum atomic E-state index is 12.7. The SMILES string of the molecule is O=C(NCC1(c2ccc(Cl)cc2Cl)CCOCC1)c1cc([N+](=O)[O-])cc([N+](=O)[O-])c1. The van der Waals surface area contributed by atoms with E-state index in [4.69, 9.17) is 27.9 Å². The smallest absolute Gasteiger partial charge is 0.277 e. The molecule has 158 valence electrons. The Bertz CT molecular complexity index is 976. The van der Waals surface area contributed by atoms with E-state index in [0.29, 0.717) is 36.1 Å². The summed E-state index contributed by atoms with van der Waals surface area (Å²) < 4.78 is 5.45. The van der Waals surface area contributed by atoms with Crippen LogP contribution in [0, 0.1) is 20.2 Å². The molecule has 0 atom stereocenters. The first-order chi connectivity index (χ1) is 14.2. The zero-order chi connectivity index (χ0) is 21.9. The predicted molar refractivity (Wildman–Crippen MR) is 110 cm³/mol. The van der Waals surface area contributed by atoms with Gasteiger partial charge in [0.1, 0.15) is 0 Å². The molecule has 0 spiro atoms. The van der Waals surface area contributed by atoms with E-state index < -0.39 is 32.5 Å². The molecule has 9 nitrogen and oxygen atoms in total. The molecule has 1 amide bonds. The lowest BCUT2D eigenvalue weighted by atomic mass is 9.74. The van der Waals surface area contributed by atoms with E-state index in [2.05, 4.69) is 5.32 Å². The lowest BCUT2D eigenvalue weighted by Crippen LogP contribution is -2.44. The molecular formula is C19H17Cl2N3O6. The van der Waals surface area contributed by atoms with Crippen LogP contribution < -0.4 is 5.32 Å². The number of nitro groups is 2. The molecule has 1 aliphatic heterocycles. The lowest BCUT2D eigenvalue weighted by molar-refractivity contribution is -0.394. The maximum absolute atomic E-state index is 12.7. The first kappa shape index (κ1) is 21.9. The quantitative estimate of drug-likeness (QED) is 0.513. The molecule has 1 heterocycles. The number of ether oxygens (including phenoxy) is 1. The molecule has 0 unspecified atom stereocenters. The van der Waals surface area contributed by atoms with Gasteiger partial charge in [0.25, 0.3) is 17.3 Å². The summed E-state index contributed by atoms with van der Waals surface area (Å²) in [4.78, 5) is 33.3. The van der Waals surface area contributed by atoms with Gasteiger partial charge < -0.3 is 10.1 Å². The van der Waals surface area contributed by atoms with Gasteiger partial charge in [-0.15, -0.1) is 0 Å². The molecule has 2 aromatic carbocycles. The van der Waals surface area contributed by atoms with Crippen LogP contribution in [0.2, 0.25) is 10.0 Å². The molecule has 0 radical (unpaired) electrons. The zero-order valence-electron chi connectivity index (χ0n) is 15.6.